The van der Waals surface area contributed by atoms with Gasteiger partial charge in [-0.3, -0.25) is 0 Å². The van der Waals surface area contributed by atoms with Crippen molar-refractivity contribution in [3.8, 4) is 0 Å². The maximum absolute atomic E-state index is 8.97. The first-order valence-electron chi connectivity index (χ1n) is 5.82. The van der Waals surface area contributed by atoms with Gasteiger partial charge < -0.3 is 14.4 Å². The minimum atomic E-state index is -0.220. The predicted octanol–water partition coefficient (Wildman–Crippen LogP) is 1.85. The van der Waals surface area contributed by atoms with Crippen LogP contribution in [0.5, 0.6) is 0 Å². The molecule has 0 bridgehead atoms. The Morgan fingerprint density at radius 1 is 1.13 bits per heavy atom. The molecule has 1 aliphatic heterocycles. The molecule has 86 valence electrons. The minimum Gasteiger partial charge on any atom is -0.403 e. The summed E-state index contributed by atoms with van der Waals surface area (Å²) >= 11 is 0. The second kappa shape index (κ2) is 3.47. The van der Waals surface area contributed by atoms with E-state index in [0.29, 0.717) is 18.3 Å². The molecule has 1 saturated heterocycles. The van der Waals surface area contributed by atoms with E-state index in [1.807, 2.05) is 0 Å². The van der Waals surface area contributed by atoms with Crippen molar-refractivity contribution in [2.75, 3.05) is 6.61 Å². The average molecular weight is 212 g/mol. The molecular formula is C11H21BO3. The number of aliphatic hydroxyl groups excluding tert-OH is 1. The van der Waals surface area contributed by atoms with Crippen LogP contribution >= 0.6 is 0 Å². The summed E-state index contributed by atoms with van der Waals surface area (Å²) in [5, 5.41) is 8.97. The summed E-state index contributed by atoms with van der Waals surface area (Å²) in [5.74, 6) is 0.942. The second-order valence-electron chi connectivity index (χ2n) is 5.90. The average Bonchev–Trinajstić information content (AvgIpc) is 2.18. The molecule has 1 saturated carbocycles. The Hall–Kier alpha value is -0.0551. The third-order valence-corrected chi connectivity index (χ3v) is 4.19. The van der Waals surface area contributed by atoms with E-state index in [1.54, 1.807) is 0 Å². The largest absolute Gasteiger partial charge is 0.461 e. The molecule has 1 aliphatic carbocycles. The fraction of sp³-hybridized carbons (Fsp3) is 1.00. The normalized spacial score (nSPS) is 37.8. The van der Waals surface area contributed by atoms with Gasteiger partial charge in [0.1, 0.15) is 0 Å². The predicted molar refractivity (Wildman–Crippen MR) is 59.6 cm³/mol. The molecule has 0 aromatic heterocycles. The van der Waals surface area contributed by atoms with Gasteiger partial charge in [-0.05, 0) is 52.3 Å². The third-order valence-electron chi connectivity index (χ3n) is 4.19. The Morgan fingerprint density at radius 3 is 2.00 bits per heavy atom. The lowest BCUT2D eigenvalue weighted by molar-refractivity contribution is 0.00578. The summed E-state index contributed by atoms with van der Waals surface area (Å²) in [7, 11) is -0.0715. The van der Waals surface area contributed by atoms with Crippen molar-refractivity contribution in [3.63, 3.8) is 0 Å². The van der Waals surface area contributed by atoms with E-state index in [9.17, 15) is 0 Å². The first-order valence-corrected chi connectivity index (χ1v) is 5.82. The molecule has 15 heavy (non-hydrogen) atoms. The Kier molecular flexibility index (Phi) is 2.65. The standard InChI is InChI=1S/C11H21BO3/c1-10(2)11(3,4)15-12(14-10)9-5-8(6-9)7-13/h8-9,13H,5-7H2,1-4H3. The van der Waals surface area contributed by atoms with Crippen LogP contribution in [0.25, 0.3) is 0 Å². The highest BCUT2D eigenvalue weighted by molar-refractivity contribution is 6.47. The fourth-order valence-electron chi connectivity index (χ4n) is 2.24. The van der Waals surface area contributed by atoms with Gasteiger partial charge in [0.2, 0.25) is 0 Å². The van der Waals surface area contributed by atoms with Gasteiger partial charge >= 0.3 is 7.12 Å². The number of hydrogen-bond donors (Lipinski definition) is 1. The van der Waals surface area contributed by atoms with Gasteiger partial charge in [0.25, 0.3) is 0 Å². The SMILES string of the molecule is CC1(C)OB(C2CC(CO)C2)OC1(C)C. The number of hydrogen-bond acceptors (Lipinski definition) is 3. The molecule has 2 fully saturated rings. The lowest BCUT2D eigenvalue weighted by atomic mass is 9.56. The Balaban J connectivity index is 1.93. The molecule has 0 aromatic rings. The Bertz CT molecular complexity index is 230. The molecule has 0 radical (unpaired) electrons. The van der Waals surface area contributed by atoms with Crippen molar-refractivity contribution in [2.24, 2.45) is 5.92 Å². The molecule has 0 aromatic carbocycles. The fourth-order valence-corrected chi connectivity index (χ4v) is 2.24. The van der Waals surface area contributed by atoms with E-state index in [4.69, 9.17) is 14.4 Å². The first kappa shape index (κ1) is 11.4. The molecule has 2 aliphatic rings. The van der Waals surface area contributed by atoms with Crippen LogP contribution in [-0.4, -0.2) is 30.0 Å². The molecular weight excluding hydrogens is 191 g/mol. The lowest BCUT2D eigenvalue weighted by Crippen LogP contribution is -2.41. The van der Waals surface area contributed by atoms with E-state index < -0.39 is 0 Å². The maximum Gasteiger partial charge on any atom is 0.461 e. The quantitative estimate of drug-likeness (QED) is 0.710. The van der Waals surface area contributed by atoms with E-state index in [0.717, 1.165) is 12.8 Å². The smallest absolute Gasteiger partial charge is 0.403 e. The van der Waals surface area contributed by atoms with Crippen LogP contribution in [0.15, 0.2) is 0 Å². The number of aliphatic hydroxyl groups is 1. The highest BCUT2D eigenvalue weighted by Crippen LogP contribution is 2.48. The molecule has 1 N–H and O–H groups in total. The zero-order valence-corrected chi connectivity index (χ0v) is 10.1. The van der Waals surface area contributed by atoms with E-state index in [-0.39, 0.29) is 18.3 Å². The Labute approximate surface area is 92.3 Å². The van der Waals surface area contributed by atoms with E-state index in [1.165, 1.54) is 0 Å². The summed E-state index contributed by atoms with van der Waals surface area (Å²) < 4.78 is 11.9. The van der Waals surface area contributed by atoms with Gasteiger partial charge in [0.15, 0.2) is 0 Å². The van der Waals surface area contributed by atoms with Crippen molar-refractivity contribution in [2.45, 2.75) is 57.6 Å². The van der Waals surface area contributed by atoms with Gasteiger partial charge in [0, 0.05) is 6.61 Å². The zero-order chi connectivity index (χ0) is 11.3. The van der Waals surface area contributed by atoms with Crippen LogP contribution in [-0.2, 0) is 9.31 Å². The van der Waals surface area contributed by atoms with Crippen molar-refractivity contribution in [1.82, 2.24) is 0 Å². The van der Waals surface area contributed by atoms with Crippen LogP contribution in [0.4, 0.5) is 0 Å². The minimum absolute atomic E-state index is 0.0715. The Morgan fingerprint density at radius 2 is 1.60 bits per heavy atom. The van der Waals surface area contributed by atoms with Gasteiger partial charge in [0.05, 0.1) is 11.2 Å². The molecule has 0 atom stereocenters. The van der Waals surface area contributed by atoms with Crippen molar-refractivity contribution in [1.29, 1.82) is 0 Å². The summed E-state index contributed by atoms with van der Waals surface area (Å²) in [6, 6.07) is 0. The van der Waals surface area contributed by atoms with Gasteiger partial charge in [-0.15, -0.1) is 0 Å². The molecule has 0 amide bonds. The molecule has 0 spiro atoms. The van der Waals surface area contributed by atoms with Crippen LogP contribution in [0, 0.1) is 5.92 Å². The van der Waals surface area contributed by atoms with Crippen LogP contribution in [0.3, 0.4) is 0 Å². The topological polar surface area (TPSA) is 38.7 Å². The zero-order valence-electron chi connectivity index (χ0n) is 10.1. The van der Waals surface area contributed by atoms with Crippen LogP contribution in [0.2, 0.25) is 5.82 Å². The van der Waals surface area contributed by atoms with Crippen LogP contribution < -0.4 is 0 Å². The summed E-state index contributed by atoms with van der Waals surface area (Å²) in [5.41, 5.74) is -0.441. The molecule has 4 heteroatoms. The molecule has 0 unspecified atom stereocenters. The van der Waals surface area contributed by atoms with Gasteiger partial charge in [-0.1, -0.05) is 0 Å². The van der Waals surface area contributed by atoms with Crippen LogP contribution in [0.1, 0.15) is 40.5 Å². The van der Waals surface area contributed by atoms with Crippen molar-refractivity contribution in [3.05, 3.63) is 0 Å². The molecule has 2 rings (SSSR count). The van der Waals surface area contributed by atoms with Gasteiger partial charge in [-0.25, -0.2) is 0 Å². The van der Waals surface area contributed by atoms with E-state index >= 15 is 0 Å². The van der Waals surface area contributed by atoms with E-state index in [2.05, 4.69) is 27.7 Å². The third kappa shape index (κ3) is 1.83. The highest BCUT2D eigenvalue weighted by Gasteiger charge is 2.55. The highest BCUT2D eigenvalue weighted by atomic mass is 16.7. The second-order valence-corrected chi connectivity index (χ2v) is 5.90. The summed E-state index contributed by atoms with van der Waals surface area (Å²) in [4.78, 5) is 0. The van der Waals surface area contributed by atoms with Crippen molar-refractivity contribution >= 4 is 7.12 Å². The molecule has 1 heterocycles. The monoisotopic (exact) mass is 212 g/mol. The lowest BCUT2D eigenvalue weighted by Gasteiger charge is -2.35. The molecule has 3 nitrogen and oxygen atoms in total. The first-order chi connectivity index (χ1) is 6.86. The van der Waals surface area contributed by atoms with Crippen molar-refractivity contribution < 1.29 is 14.4 Å². The summed E-state index contributed by atoms with van der Waals surface area (Å²) in [6.07, 6.45) is 2.07. The van der Waals surface area contributed by atoms with Gasteiger partial charge in [-0.2, -0.15) is 0 Å². The number of rotatable bonds is 2. The summed E-state index contributed by atoms with van der Waals surface area (Å²) in [6.45, 7) is 8.62. The maximum atomic E-state index is 8.97.